The van der Waals surface area contributed by atoms with E-state index < -0.39 is 0 Å². The lowest BCUT2D eigenvalue weighted by atomic mass is 10.1. The Morgan fingerprint density at radius 1 is 1.50 bits per heavy atom. The Kier molecular flexibility index (Phi) is 3.85. The van der Waals surface area contributed by atoms with Crippen molar-refractivity contribution in [3.8, 4) is 17.6 Å². The van der Waals surface area contributed by atoms with Crippen LogP contribution in [0.1, 0.15) is 18.4 Å². The molecule has 0 saturated carbocycles. The third kappa shape index (κ3) is 2.47. The van der Waals surface area contributed by atoms with Crippen molar-refractivity contribution >= 4 is 11.6 Å². The van der Waals surface area contributed by atoms with Gasteiger partial charge in [-0.1, -0.05) is 11.8 Å². The molecule has 1 amide bonds. The lowest BCUT2D eigenvalue weighted by Crippen LogP contribution is -2.24. The number of hydrogen-bond acceptors (Lipinski definition) is 3. The van der Waals surface area contributed by atoms with Crippen molar-refractivity contribution in [2.24, 2.45) is 5.73 Å². The molecule has 1 saturated heterocycles. The predicted molar refractivity (Wildman–Crippen MR) is 70.5 cm³/mol. The molecule has 0 bridgehead atoms. The maximum Gasteiger partial charge on any atom is 0.227 e. The van der Waals surface area contributed by atoms with Crippen LogP contribution in [0.25, 0.3) is 0 Å². The Bertz CT molecular complexity index is 514. The van der Waals surface area contributed by atoms with Gasteiger partial charge in [0.25, 0.3) is 0 Å². The molecule has 1 aliphatic rings. The van der Waals surface area contributed by atoms with Crippen LogP contribution in [0.5, 0.6) is 5.75 Å². The zero-order chi connectivity index (χ0) is 13.0. The van der Waals surface area contributed by atoms with E-state index in [1.54, 1.807) is 12.0 Å². The van der Waals surface area contributed by atoms with E-state index in [2.05, 4.69) is 11.8 Å². The van der Waals surface area contributed by atoms with Crippen molar-refractivity contribution in [1.82, 2.24) is 0 Å². The number of amides is 1. The van der Waals surface area contributed by atoms with Gasteiger partial charge in [-0.05, 0) is 24.6 Å². The number of hydrogen-bond donors (Lipinski definition) is 1. The van der Waals surface area contributed by atoms with E-state index in [9.17, 15) is 4.79 Å². The Balaban J connectivity index is 2.39. The highest BCUT2D eigenvalue weighted by atomic mass is 16.5. The van der Waals surface area contributed by atoms with E-state index in [0.29, 0.717) is 18.7 Å². The molecule has 0 aliphatic carbocycles. The van der Waals surface area contributed by atoms with Gasteiger partial charge in [-0.15, -0.1) is 0 Å². The fourth-order valence-electron chi connectivity index (χ4n) is 2.03. The smallest absolute Gasteiger partial charge is 0.227 e. The largest absolute Gasteiger partial charge is 0.495 e. The van der Waals surface area contributed by atoms with Crippen LogP contribution >= 0.6 is 0 Å². The zero-order valence-electron chi connectivity index (χ0n) is 10.4. The molecule has 0 unspecified atom stereocenters. The number of carbonyl (C=O) groups excluding carboxylic acids is 1. The lowest BCUT2D eigenvalue weighted by molar-refractivity contribution is -0.117. The van der Waals surface area contributed by atoms with Crippen LogP contribution in [-0.2, 0) is 4.79 Å². The van der Waals surface area contributed by atoms with Crippen LogP contribution in [0.15, 0.2) is 18.2 Å². The monoisotopic (exact) mass is 244 g/mol. The van der Waals surface area contributed by atoms with Crippen molar-refractivity contribution in [3.05, 3.63) is 23.8 Å². The van der Waals surface area contributed by atoms with Gasteiger partial charge < -0.3 is 15.4 Å². The molecule has 18 heavy (non-hydrogen) atoms. The molecule has 1 fully saturated rings. The second kappa shape index (κ2) is 5.56. The van der Waals surface area contributed by atoms with Crippen LogP contribution in [0.2, 0.25) is 0 Å². The van der Waals surface area contributed by atoms with Crippen molar-refractivity contribution in [2.45, 2.75) is 12.8 Å². The average Bonchev–Trinajstić information content (AvgIpc) is 2.82. The van der Waals surface area contributed by atoms with Gasteiger partial charge in [-0.2, -0.15) is 0 Å². The highest BCUT2D eigenvalue weighted by molar-refractivity contribution is 5.97. The summed E-state index contributed by atoms with van der Waals surface area (Å²) in [6.45, 7) is 1.06. The molecule has 2 N–H and O–H groups in total. The van der Waals surface area contributed by atoms with E-state index in [0.717, 1.165) is 24.2 Å². The first-order valence-corrected chi connectivity index (χ1v) is 5.93. The highest BCUT2D eigenvalue weighted by Crippen LogP contribution is 2.32. The number of rotatable bonds is 2. The first kappa shape index (κ1) is 12.5. The van der Waals surface area contributed by atoms with Crippen molar-refractivity contribution in [3.63, 3.8) is 0 Å². The SMILES string of the molecule is COc1ccc(C#CCN)cc1N1CCCC1=O. The van der Waals surface area contributed by atoms with E-state index in [4.69, 9.17) is 10.5 Å². The summed E-state index contributed by atoms with van der Waals surface area (Å²) in [6.07, 6.45) is 1.49. The van der Waals surface area contributed by atoms with Crippen LogP contribution in [0.3, 0.4) is 0 Å². The van der Waals surface area contributed by atoms with Gasteiger partial charge in [0, 0.05) is 18.5 Å². The topological polar surface area (TPSA) is 55.6 Å². The fraction of sp³-hybridized carbons (Fsp3) is 0.357. The Morgan fingerprint density at radius 2 is 2.33 bits per heavy atom. The molecule has 0 atom stereocenters. The molecule has 0 spiro atoms. The van der Waals surface area contributed by atoms with Gasteiger partial charge in [-0.3, -0.25) is 4.79 Å². The number of nitrogens with two attached hydrogens (primary N) is 1. The lowest BCUT2D eigenvalue weighted by Gasteiger charge is -2.19. The van der Waals surface area contributed by atoms with E-state index >= 15 is 0 Å². The Hall–Kier alpha value is -1.99. The van der Waals surface area contributed by atoms with Gasteiger partial charge in [0.2, 0.25) is 5.91 Å². The Morgan fingerprint density at radius 3 is 2.94 bits per heavy atom. The first-order chi connectivity index (χ1) is 8.76. The molecule has 1 aromatic carbocycles. The van der Waals surface area contributed by atoms with Crippen LogP contribution < -0.4 is 15.4 Å². The van der Waals surface area contributed by atoms with Gasteiger partial charge in [-0.25, -0.2) is 0 Å². The highest BCUT2D eigenvalue weighted by Gasteiger charge is 2.24. The molecule has 4 heteroatoms. The summed E-state index contributed by atoms with van der Waals surface area (Å²) in [5, 5.41) is 0. The number of methoxy groups -OCH3 is 1. The third-order valence-corrected chi connectivity index (χ3v) is 2.88. The fourth-order valence-corrected chi connectivity index (χ4v) is 2.03. The molecule has 1 aliphatic heterocycles. The maximum absolute atomic E-state index is 11.8. The van der Waals surface area contributed by atoms with E-state index in [-0.39, 0.29) is 5.91 Å². The summed E-state index contributed by atoms with van der Waals surface area (Å²) in [5.74, 6) is 6.60. The number of carbonyl (C=O) groups is 1. The molecule has 94 valence electrons. The van der Waals surface area contributed by atoms with Gasteiger partial charge >= 0.3 is 0 Å². The van der Waals surface area contributed by atoms with Crippen LogP contribution in [0, 0.1) is 11.8 Å². The van der Waals surface area contributed by atoms with Gasteiger partial charge in [0.1, 0.15) is 5.75 Å². The molecular formula is C14H16N2O2. The first-order valence-electron chi connectivity index (χ1n) is 5.93. The molecule has 1 heterocycles. The number of benzene rings is 1. The summed E-state index contributed by atoms with van der Waals surface area (Å²) >= 11 is 0. The average molecular weight is 244 g/mol. The van der Waals surface area contributed by atoms with Crippen molar-refractivity contribution < 1.29 is 9.53 Å². The summed E-state index contributed by atoms with van der Waals surface area (Å²) in [7, 11) is 1.60. The predicted octanol–water partition coefficient (Wildman–Crippen LogP) is 1.13. The quantitative estimate of drug-likeness (QED) is 0.793. The standard InChI is InChI=1S/C14H16N2O2/c1-18-13-7-6-11(4-2-8-15)10-12(13)16-9-3-5-14(16)17/h6-7,10H,3,5,8-9,15H2,1H3. The number of ether oxygens (including phenoxy) is 1. The normalized spacial score (nSPS) is 14.3. The van der Waals surface area contributed by atoms with Gasteiger partial charge in [0.05, 0.1) is 19.3 Å². The summed E-state index contributed by atoms with van der Waals surface area (Å²) in [5.41, 5.74) is 6.99. The van der Waals surface area contributed by atoms with Gasteiger partial charge in [0.15, 0.2) is 0 Å². The molecule has 2 rings (SSSR count). The third-order valence-electron chi connectivity index (χ3n) is 2.88. The molecule has 0 radical (unpaired) electrons. The van der Waals surface area contributed by atoms with Crippen molar-refractivity contribution in [1.29, 1.82) is 0 Å². The molecule has 1 aromatic rings. The maximum atomic E-state index is 11.8. The van der Waals surface area contributed by atoms with Crippen LogP contribution in [-0.4, -0.2) is 26.1 Å². The van der Waals surface area contributed by atoms with E-state index in [1.807, 2.05) is 18.2 Å². The summed E-state index contributed by atoms with van der Waals surface area (Å²) < 4.78 is 5.30. The minimum absolute atomic E-state index is 0.136. The minimum atomic E-state index is 0.136. The number of anilines is 1. The molecule has 4 nitrogen and oxygen atoms in total. The Labute approximate surface area is 107 Å². The number of nitrogens with zero attached hydrogens (tertiary/aromatic N) is 1. The minimum Gasteiger partial charge on any atom is -0.495 e. The summed E-state index contributed by atoms with van der Waals surface area (Å²) in [4.78, 5) is 13.5. The molecular weight excluding hydrogens is 228 g/mol. The zero-order valence-corrected chi connectivity index (χ0v) is 10.4. The summed E-state index contributed by atoms with van der Waals surface area (Å²) in [6, 6.07) is 5.58. The van der Waals surface area contributed by atoms with E-state index in [1.165, 1.54) is 0 Å². The molecule has 0 aromatic heterocycles. The second-order valence-electron chi connectivity index (χ2n) is 4.04. The van der Waals surface area contributed by atoms with Crippen molar-refractivity contribution in [2.75, 3.05) is 25.1 Å². The second-order valence-corrected chi connectivity index (χ2v) is 4.04. The van der Waals surface area contributed by atoms with Crippen LogP contribution in [0.4, 0.5) is 5.69 Å².